The van der Waals surface area contributed by atoms with Gasteiger partial charge in [0.1, 0.15) is 0 Å². The van der Waals surface area contributed by atoms with Crippen LogP contribution in [0.1, 0.15) is 27.2 Å². The lowest BCUT2D eigenvalue weighted by Gasteiger charge is -2.11. The quantitative estimate of drug-likeness (QED) is 0.763. The van der Waals surface area contributed by atoms with E-state index >= 15 is 0 Å². The molecule has 0 aromatic carbocycles. The highest BCUT2D eigenvalue weighted by Crippen LogP contribution is 2.17. The highest BCUT2D eigenvalue weighted by Gasteiger charge is 2.10. The SMILES string of the molecule is Cc1nc(C)c(CCNC(=O)NCC(O)c2ccsc2)s1. The summed E-state index contributed by atoms with van der Waals surface area (Å²) in [6, 6.07) is 1.59. The van der Waals surface area contributed by atoms with Gasteiger partial charge in [0.15, 0.2) is 0 Å². The van der Waals surface area contributed by atoms with Crippen molar-refractivity contribution in [2.24, 2.45) is 0 Å². The molecule has 2 rings (SSSR count). The Morgan fingerprint density at radius 3 is 2.86 bits per heavy atom. The topological polar surface area (TPSA) is 74.2 Å². The maximum atomic E-state index is 11.7. The molecule has 1 unspecified atom stereocenters. The summed E-state index contributed by atoms with van der Waals surface area (Å²) in [5.41, 5.74) is 1.86. The van der Waals surface area contributed by atoms with Crippen molar-refractivity contribution >= 4 is 28.7 Å². The summed E-state index contributed by atoms with van der Waals surface area (Å²) in [6.07, 6.45) is 0.117. The van der Waals surface area contributed by atoms with Crippen molar-refractivity contribution in [3.8, 4) is 0 Å². The van der Waals surface area contributed by atoms with Crippen molar-refractivity contribution in [1.82, 2.24) is 15.6 Å². The zero-order chi connectivity index (χ0) is 15.2. The van der Waals surface area contributed by atoms with Crippen molar-refractivity contribution in [3.05, 3.63) is 38.0 Å². The molecule has 0 aliphatic heterocycles. The lowest BCUT2D eigenvalue weighted by atomic mass is 10.2. The highest BCUT2D eigenvalue weighted by atomic mass is 32.1. The van der Waals surface area contributed by atoms with Gasteiger partial charge >= 0.3 is 6.03 Å². The van der Waals surface area contributed by atoms with E-state index in [0.717, 1.165) is 22.7 Å². The number of amides is 2. The van der Waals surface area contributed by atoms with Crippen molar-refractivity contribution in [2.45, 2.75) is 26.4 Å². The van der Waals surface area contributed by atoms with Gasteiger partial charge in [0.05, 0.1) is 16.8 Å². The van der Waals surface area contributed by atoms with Crippen LogP contribution in [0.25, 0.3) is 0 Å². The first kappa shape index (κ1) is 15.9. The summed E-state index contributed by atoms with van der Waals surface area (Å²) in [7, 11) is 0. The van der Waals surface area contributed by atoms with Crippen LogP contribution >= 0.6 is 22.7 Å². The number of carbonyl (C=O) groups excluding carboxylic acids is 1. The van der Waals surface area contributed by atoms with Gasteiger partial charge in [-0.05, 0) is 36.2 Å². The lowest BCUT2D eigenvalue weighted by molar-refractivity contribution is 0.173. The number of aliphatic hydroxyl groups excluding tert-OH is 1. The molecule has 3 N–H and O–H groups in total. The Balaban J connectivity index is 1.67. The maximum Gasteiger partial charge on any atom is 0.314 e. The summed E-state index contributed by atoms with van der Waals surface area (Å²) >= 11 is 3.18. The van der Waals surface area contributed by atoms with Crippen molar-refractivity contribution < 1.29 is 9.90 Å². The molecule has 2 aromatic rings. The molecule has 2 heterocycles. The molecule has 0 aliphatic rings. The van der Waals surface area contributed by atoms with Crippen molar-refractivity contribution in [3.63, 3.8) is 0 Å². The van der Waals surface area contributed by atoms with E-state index in [2.05, 4.69) is 15.6 Å². The van der Waals surface area contributed by atoms with Gasteiger partial charge in [-0.2, -0.15) is 11.3 Å². The van der Waals surface area contributed by atoms with Gasteiger partial charge in [0, 0.05) is 24.4 Å². The van der Waals surface area contributed by atoms with E-state index in [0.29, 0.717) is 6.54 Å². The van der Waals surface area contributed by atoms with Gasteiger partial charge in [0.2, 0.25) is 0 Å². The van der Waals surface area contributed by atoms with E-state index in [-0.39, 0.29) is 12.6 Å². The van der Waals surface area contributed by atoms with Crippen molar-refractivity contribution in [2.75, 3.05) is 13.1 Å². The average molecular weight is 325 g/mol. The number of urea groups is 1. The zero-order valence-electron chi connectivity index (χ0n) is 12.0. The largest absolute Gasteiger partial charge is 0.387 e. The van der Waals surface area contributed by atoms with E-state index in [4.69, 9.17) is 0 Å². The molecule has 0 aliphatic carbocycles. The molecular formula is C14H19N3O2S2. The average Bonchev–Trinajstić information content (AvgIpc) is 3.06. The fraction of sp³-hybridized carbons (Fsp3) is 0.429. The number of thiazole rings is 1. The van der Waals surface area contributed by atoms with Crippen molar-refractivity contribution in [1.29, 1.82) is 0 Å². The minimum atomic E-state index is -0.659. The van der Waals surface area contributed by atoms with Crippen LogP contribution in [-0.2, 0) is 6.42 Å². The molecule has 2 amide bonds. The first-order chi connectivity index (χ1) is 10.1. The number of carbonyl (C=O) groups is 1. The predicted molar refractivity (Wildman–Crippen MR) is 86.0 cm³/mol. The zero-order valence-corrected chi connectivity index (χ0v) is 13.7. The fourth-order valence-electron chi connectivity index (χ4n) is 1.93. The molecule has 21 heavy (non-hydrogen) atoms. The molecule has 0 fully saturated rings. The van der Waals surface area contributed by atoms with E-state index < -0.39 is 6.10 Å². The van der Waals surface area contributed by atoms with Crippen LogP contribution in [0.3, 0.4) is 0 Å². The number of aliphatic hydroxyl groups is 1. The Morgan fingerprint density at radius 1 is 1.43 bits per heavy atom. The molecule has 1 atom stereocenters. The number of nitrogens with zero attached hydrogens (tertiary/aromatic N) is 1. The highest BCUT2D eigenvalue weighted by molar-refractivity contribution is 7.11. The predicted octanol–water partition coefficient (Wildman–Crippen LogP) is 2.40. The molecular weight excluding hydrogens is 306 g/mol. The smallest absolute Gasteiger partial charge is 0.314 e. The molecule has 5 nitrogen and oxygen atoms in total. The van der Waals surface area contributed by atoms with E-state index in [1.165, 1.54) is 16.2 Å². The van der Waals surface area contributed by atoms with E-state index in [1.54, 1.807) is 11.3 Å². The van der Waals surface area contributed by atoms with Gasteiger partial charge in [-0.15, -0.1) is 11.3 Å². The lowest BCUT2D eigenvalue weighted by Crippen LogP contribution is -2.38. The number of hydrogen-bond donors (Lipinski definition) is 3. The molecule has 114 valence electrons. The Labute approximate surface area is 132 Å². The Morgan fingerprint density at radius 2 is 2.24 bits per heavy atom. The minimum Gasteiger partial charge on any atom is -0.387 e. The van der Waals surface area contributed by atoms with Crippen LogP contribution in [0.5, 0.6) is 0 Å². The Hall–Kier alpha value is -1.44. The van der Waals surface area contributed by atoms with Crippen LogP contribution < -0.4 is 10.6 Å². The molecule has 0 spiro atoms. The summed E-state index contributed by atoms with van der Waals surface area (Å²) in [5.74, 6) is 0. The third-order valence-electron chi connectivity index (χ3n) is 3.02. The van der Waals surface area contributed by atoms with Gasteiger partial charge in [-0.25, -0.2) is 9.78 Å². The third kappa shape index (κ3) is 4.80. The summed E-state index contributed by atoms with van der Waals surface area (Å²) in [6.45, 7) is 4.73. The molecule has 0 radical (unpaired) electrons. The van der Waals surface area contributed by atoms with Gasteiger partial charge in [-0.3, -0.25) is 0 Å². The Kier molecular flexibility index (Phi) is 5.72. The number of hydrogen-bond acceptors (Lipinski definition) is 5. The number of nitrogens with one attached hydrogen (secondary N) is 2. The van der Waals surface area contributed by atoms with E-state index in [1.807, 2.05) is 30.7 Å². The normalized spacial score (nSPS) is 12.1. The monoisotopic (exact) mass is 325 g/mol. The maximum absolute atomic E-state index is 11.7. The summed E-state index contributed by atoms with van der Waals surface area (Å²) in [5, 5.41) is 20.1. The second kappa shape index (κ2) is 7.53. The summed E-state index contributed by atoms with van der Waals surface area (Å²) < 4.78 is 0. The second-order valence-corrected chi connectivity index (χ2v) is 6.77. The molecule has 0 saturated heterocycles. The summed E-state index contributed by atoms with van der Waals surface area (Å²) in [4.78, 5) is 17.2. The third-order valence-corrected chi connectivity index (χ3v) is 4.86. The standard InChI is InChI=1S/C14H19N3O2S2/c1-9-13(21-10(2)17-9)3-5-15-14(19)16-7-12(18)11-4-6-20-8-11/h4,6,8,12,18H,3,5,7H2,1-2H3,(H2,15,16,19). The number of rotatable bonds is 6. The van der Waals surface area contributed by atoms with Crippen LogP contribution in [0.15, 0.2) is 16.8 Å². The molecule has 0 saturated carbocycles. The molecule has 0 bridgehead atoms. The van der Waals surface area contributed by atoms with Gasteiger partial charge < -0.3 is 15.7 Å². The first-order valence-electron chi connectivity index (χ1n) is 6.71. The first-order valence-corrected chi connectivity index (χ1v) is 8.47. The molecule has 7 heteroatoms. The molecule has 2 aromatic heterocycles. The van der Waals surface area contributed by atoms with Crippen LogP contribution in [0.4, 0.5) is 4.79 Å². The second-order valence-electron chi connectivity index (χ2n) is 4.70. The van der Waals surface area contributed by atoms with Gasteiger partial charge in [-0.1, -0.05) is 0 Å². The number of thiophene rings is 1. The van der Waals surface area contributed by atoms with Gasteiger partial charge in [0.25, 0.3) is 0 Å². The minimum absolute atomic E-state index is 0.210. The number of aryl methyl sites for hydroxylation is 2. The van der Waals surface area contributed by atoms with Crippen LogP contribution in [0.2, 0.25) is 0 Å². The van der Waals surface area contributed by atoms with Crippen LogP contribution in [0, 0.1) is 13.8 Å². The number of aromatic nitrogens is 1. The van der Waals surface area contributed by atoms with E-state index in [9.17, 15) is 9.90 Å². The fourth-order valence-corrected chi connectivity index (χ4v) is 3.57. The Bertz CT molecular complexity index is 581. The van der Waals surface area contributed by atoms with Crippen LogP contribution in [-0.4, -0.2) is 29.2 Å².